The Labute approximate surface area is 383 Å². The van der Waals surface area contributed by atoms with E-state index in [0.717, 1.165) is 12.4 Å². The lowest BCUT2D eigenvalue weighted by molar-refractivity contribution is -0.158. The van der Waals surface area contributed by atoms with Crippen molar-refractivity contribution in [2.45, 2.75) is 125 Å². The number of phenols is 4. The largest absolute Gasteiger partial charge is 0.507 e. The lowest BCUT2D eigenvalue weighted by Crippen LogP contribution is -2.64. The standard InChI is InChI=1S/C46H46N4O14S2/c1-13(2)19-25-23(17(31(53)35(19)57)11-47-27-39(59)49-37(43(61)62)45(7,8)65-41(27)49)33(55)21(15(5)29(25)51)22-16(6)30(52)26-20(14(3)4)36(58)32(54)18(24(26)34(22)56)12-48-28-40(60)50-38(44(63)64)46(9,10)66-42(28)50/h11-14,27-28,37-38,41-42,51,53,55,57H,1-10H3,(H,61,62)(H,63,64)/t27-,28-,37+,38+,41-,42-/m1/s1. The lowest BCUT2D eigenvalue weighted by Gasteiger charge is -2.41. The normalized spacial score (nSPS) is 24.3. The number of carbonyl (C=O) groups is 4. The molecular formula is C46H46N4O14S2. The third kappa shape index (κ3) is 6.15. The molecule has 0 radical (unpaired) electrons. The third-order valence-electron chi connectivity index (χ3n) is 13.3. The average molecular weight is 943 g/mol. The Balaban J connectivity index is 1.37. The predicted octanol–water partition coefficient (Wildman–Crippen LogP) is 3.48. The molecule has 2 aliphatic carbocycles. The Hall–Kier alpha value is -6.28. The number of hydrogen-bond donors (Lipinski definition) is 6. The zero-order valence-electron chi connectivity index (χ0n) is 37.3. The van der Waals surface area contributed by atoms with E-state index in [-0.39, 0.29) is 38.6 Å². The maximum Gasteiger partial charge on any atom is 0.327 e. The Morgan fingerprint density at radius 2 is 1.03 bits per heavy atom. The number of carbonyl (C=O) groups excluding carboxylic acids is 2. The van der Waals surface area contributed by atoms with Gasteiger partial charge in [0.2, 0.25) is 10.9 Å². The fourth-order valence-corrected chi connectivity index (χ4v) is 13.4. The maximum atomic E-state index is 15.2. The number of phenolic OH excluding ortho intramolecular Hbond substituents is 4. The smallest absolute Gasteiger partial charge is 0.327 e. The number of carboxylic acid groups (broad SMARTS) is 2. The van der Waals surface area contributed by atoms with Crippen LogP contribution in [0.15, 0.2) is 29.2 Å². The Kier molecular flexibility index (Phi) is 10.6. The molecule has 0 aromatic heterocycles. The number of benzene rings is 4. The van der Waals surface area contributed by atoms with Crippen molar-refractivity contribution >= 4 is 70.5 Å². The molecule has 66 heavy (non-hydrogen) atoms. The van der Waals surface area contributed by atoms with Gasteiger partial charge in [-0.3, -0.25) is 38.8 Å². The van der Waals surface area contributed by atoms with Crippen LogP contribution >= 0.6 is 23.5 Å². The van der Waals surface area contributed by atoms with Crippen molar-refractivity contribution < 1.29 is 49.8 Å². The summed E-state index contributed by atoms with van der Waals surface area (Å²) in [5, 5.41) is 65.4. The zero-order valence-corrected chi connectivity index (χ0v) is 39.0. The first-order valence-corrected chi connectivity index (χ1v) is 22.7. The molecule has 4 aliphatic heterocycles. The monoisotopic (exact) mass is 942 g/mol. The second kappa shape index (κ2) is 15.1. The van der Waals surface area contributed by atoms with Crippen LogP contribution in [0.2, 0.25) is 0 Å². The van der Waals surface area contributed by atoms with E-state index in [1.165, 1.54) is 47.2 Å². The van der Waals surface area contributed by atoms with Crippen LogP contribution in [0.4, 0.5) is 0 Å². The summed E-state index contributed by atoms with van der Waals surface area (Å²) in [6.45, 7) is 15.6. The summed E-state index contributed by atoms with van der Waals surface area (Å²) in [6.07, 6.45) is 1.87. The molecule has 2 aromatic rings. The van der Waals surface area contributed by atoms with Crippen molar-refractivity contribution in [2.24, 2.45) is 9.98 Å². The van der Waals surface area contributed by atoms with E-state index in [2.05, 4.69) is 9.98 Å². The lowest BCUT2D eigenvalue weighted by atomic mass is 9.80. The van der Waals surface area contributed by atoms with Crippen LogP contribution in [-0.2, 0) is 19.2 Å². The molecule has 20 heteroatoms. The number of thioether (sulfide) groups is 2. The van der Waals surface area contributed by atoms with Crippen molar-refractivity contribution in [3.63, 3.8) is 0 Å². The number of fused-ring (bicyclic) bond motifs is 4. The van der Waals surface area contributed by atoms with Gasteiger partial charge < -0.3 is 40.4 Å². The molecule has 0 saturated carbocycles. The molecule has 2 amide bonds. The number of aliphatic imine (C=N–C) groups is 2. The SMILES string of the molecule is Cc1c(-c2c(C)c(=O)c3c(C(C)C)c(=O)c(=O)c(C=N[C@@H]4C(=O)N5[C@@H]4SC(C)(C)[C@@H]5C(=O)O)c-3c2=O)c(O)c2c(C=N[C@@H]3C(=O)N4[C@@H]3SC(C)(C)[C@@H]4C(=O)O)c(O)c(O)c(C(C)C)c2c1O. The number of nitrogens with zero attached hydrogens (tertiary/aromatic N) is 4. The number of rotatable bonds is 9. The van der Waals surface area contributed by atoms with Gasteiger partial charge >= 0.3 is 11.9 Å². The summed E-state index contributed by atoms with van der Waals surface area (Å²) in [4.78, 5) is 120. The predicted molar refractivity (Wildman–Crippen MR) is 248 cm³/mol. The van der Waals surface area contributed by atoms with Crippen LogP contribution in [0.3, 0.4) is 0 Å². The molecule has 0 unspecified atom stereocenters. The quantitative estimate of drug-likeness (QED) is 0.0460. The highest BCUT2D eigenvalue weighted by Gasteiger charge is 2.65. The first-order chi connectivity index (χ1) is 30.6. The van der Waals surface area contributed by atoms with E-state index in [4.69, 9.17) is 0 Å². The molecule has 18 nitrogen and oxygen atoms in total. The Morgan fingerprint density at radius 3 is 1.48 bits per heavy atom. The summed E-state index contributed by atoms with van der Waals surface area (Å²) in [5.41, 5.74) is -7.82. The highest BCUT2D eigenvalue weighted by Crippen LogP contribution is 2.55. The first-order valence-electron chi connectivity index (χ1n) is 21.0. The molecule has 8 rings (SSSR count). The van der Waals surface area contributed by atoms with Crippen molar-refractivity contribution in [3.05, 3.63) is 74.3 Å². The average Bonchev–Trinajstić information content (AvgIpc) is 3.63. The molecule has 4 fully saturated rings. The highest BCUT2D eigenvalue weighted by molar-refractivity contribution is 8.02. The second-order valence-corrected chi connectivity index (χ2v) is 22.4. The van der Waals surface area contributed by atoms with Gasteiger partial charge in [0.05, 0.1) is 5.56 Å². The maximum absolute atomic E-state index is 15.2. The minimum Gasteiger partial charge on any atom is -0.507 e. The van der Waals surface area contributed by atoms with Gasteiger partial charge in [-0.15, -0.1) is 23.5 Å². The van der Waals surface area contributed by atoms with Gasteiger partial charge in [0.15, 0.2) is 34.4 Å². The topological polar surface area (TPSA) is 289 Å². The van der Waals surface area contributed by atoms with Gasteiger partial charge in [0, 0.05) is 82.8 Å². The molecular weight excluding hydrogens is 897 g/mol. The fourth-order valence-electron chi connectivity index (χ4n) is 10.2. The van der Waals surface area contributed by atoms with Crippen LogP contribution in [-0.4, -0.2) is 121 Å². The number of aromatic hydroxyl groups is 4. The number of amides is 2. The fraction of sp³-hybridized carbons (Fsp3) is 0.435. The molecule has 4 heterocycles. The van der Waals surface area contributed by atoms with Crippen LogP contribution in [0, 0.1) is 13.8 Å². The molecule has 0 spiro atoms. The van der Waals surface area contributed by atoms with E-state index < -0.39 is 153 Å². The van der Waals surface area contributed by atoms with Gasteiger partial charge in [-0.25, -0.2) is 9.59 Å². The van der Waals surface area contributed by atoms with E-state index >= 15 is 4.79 Å². The summed E-state index contributed by atoms with van der Waals surface area (Å²) in [7, 11) is 0. The summed E-state index contributed by atoms with van der Waals surface area (Å²) in [6, 6.07) is -4.70. The molecule has 6 atom stereocenters. The van der Waals surface area contributed by atoms with Gasteiger partial charge in [0.25, 0.3) is 11.8 Å². The molecule has 0 bridgehead atoms. The molecule has 6 aliphatic rings. The van der Waals surface area contributed by atoms with Crippen molar-refractivity contribution in [1.29, 1.82) is 0 Å². The summed E-state index contributed by atoms with van der Waals surface area (Å²) >= 11 is 2.38. The molecule has 6 N–H and O–H groups in total. The van der Waals surface area contributed by atoms with E-state index in [0.29, 0.717) is 0 Å². The van der Waals surface area contributed by atoms with Crippen LogP contribution < -0.4 is 21.7 Å². The third-order valence-corrected chi connectivity index (χ3v) is 16.4. The number of carboxylic acids is 2. The van der Waals surface area contributed by atoms with Gasteiger partial charge in [-0.1, -0.05) is 27.7 Å². The number of β-lactam (4-membered cyclic amide) rings is 2. The first kappa shape index (κ1) is 46.3. The molecule has 346 valence electrons. The summed E-state index contributed by atoms with van der Waals surface area (Å²) < 4.78 is -1.82. The molecule has 2 aromatic carbocycles. The van der Waals surface area contributed by atoms with Gasteiger partial charge in [0.1, 0.15) is 34.3 Å². The van der Waals surface area contributed by atoms with Gasteiger partial charge in [-0.05, 0) is 53.4 Å². The van der Waals surface area contributed by atoms with Crippen molar-refractivity contribution in [1.82, 2.24) is 9.80 Å². The van der Waals surface area contributed by atoms with E-state index in [9.17, 15) is 64.2 Å². The Morgan fingerprint density at radius 1 is 0.561 bits per heavy atom. The van der Waals surface area contributed by atoms with Crippen LogP contribution in [0.25, 0.3) is 33.0 Å². The van der Waals surface area contributed by atoms with Crippen LogP contribution in [0.1, 0.15) is 101 Å². The van der Waals surface area contributed by atoms with Crippen molar-refractivity contribution in [2.75, 3.05) is 0 Å². The summed E-state index contributed by atoms with van der Waals surface area (Å²) in [5.74, 6) is -7.99. The number of aliphatic carboxylic acids is 2. The zero-order chi connectivity index (χ0) is 48.9. The van der Waals surface area contributed by atoms with E-state index in [1.54, 1.807) is 55.4 Å². The Bertz CT molecular complexity index is 3170. The van der Waals surface area contributed by atoms with Crippen LogP contribution in [0.5, 0.6) is 23.0 Å². The second-order valence-electron chi connectivity index (χ2n) is 18.8. The van der Waals surface area contributed by atoms with Gasteiger partial charge in [-0.2, -0.15) is 0 Å². The molecule has 4 saturated heterocycles. The number of hydrogen-bond acceptors (Lipinski definition) is 16. The minimum atomic E-state index is -1.22. The highest BCUT2D eigenvalue weighted by atomic mass is 32.2. The van der Waals surface area contributed by atoms with Crippen molar-refractivity contribution in [3.8, 4) is 45.3 Å². The minimum absolute atomic E-state index is 0.0193. The van der Waals surface area contributed by atoms with E-state index in [1.807, 2.05) is 0 Å².